The Morgan fingerprint density at radius 2 is 2.12 bits per heavy atom. The first-order chi connectivity index (χ1) is 11.4. The SMILES string of the molecule is CCOC(=O)Cc1cc(O)cc2oc(/C=C/C[C@H](C)O)cc(=O)c12. The molecule has 0 radical (unpaired) electrons. The minimum Gasteiger partial charge on any atom is -0.508 e. The molecule has 0 fully saturated rings. The molecule has 6 nitrogen and oxygen atoms in total. The van der Waals surface area contributed by atoms with Crippen LogP contribution in [-0.4, -0.2) is 28.9 Å². The first kappa shape index (κ1) is 17.7. The number of aromatic hydroxyl groups is 1. The zero-order valence-corrected chi connectivity index (χ0v) is 13.6. The summed E-state index contributed by atoms with van der Waals surface area (Å²) in [6.45, 7) is 3.59. The molecule has 1 aromatic heterocycles. The molecule has 2 aromatic rings. The van der Waals surface area contributed by atoms with Gasteiger partial charge in [0.1, 0.15) is 17.1 Å². The van der Waals surface area contributed by atoms with E-state index in [0.29, 0.717) is 17.7 Å². The monoisotopic (exact) mass is 332 g/mol. The van der Waals surface area contributed by atoms with Crippen molar-refractivity contribution < 1.29 is 24.2 Å². The summed E-state index contributed by atoms with van der Waals surface area (Å²) in [6, 6.07) is 4.00. The van der Waals surface area contributed by atoms with Crippen LogP contribution in [0.1, 0.15) is 31.6 Å². The van der Waals surface area contributed by atoms with Crippen LogP contribution in [0.15, 0.2) is 33.5 Å². The Balaban J connectivity index is 2.45. The van der Waals surface area contributed by atoms with E-state index in [0.717, 1.165) is 0 Å². The average molecular weight is 332 g/mol. The summed E-state index contributed by atoms with van der Waals surface area (Å²) in [6.07, 6.45) is 3.09. The maximum atomic E-state index is 12.4. The molecule has 0 saturated carbocycles. The van der Waals surface area contributed by atoms with Crippen LogP contribution in [0, 0.1) is 0 Å². The lowest BCUT2D eigenvalue weighted by Gasteiger charge is -2.07. The molecule has 0 unspecified atom stereocenters. The molecule has 24 heavy (non-hydrogen) atoms. The lowest BCUT2D eigenvalue weighted by molar-refractivity contribution is -0.142. The number of ether oxygens (including phenoxy) is 1. The minimum atomic E-state index is -0.492. The molecule has 0 amide bonds. The van der Waals surface area contributed by atoms with Gasteiger partial charge in [-0.3, -0.25) is 9.59 Å². The normalized spacial score (nSPS) is 12.6. The van der Waals surface area contributed by atoms with Gasteiger partial charge in [0.15, 0.2) is 5.43 Å². The number of hydrogen-bond acceptors (Lipinski definition) is 6. The van der Waals surface area contributed by atoms with Crippen LogP contribution in [0.4, 0.5) is 0 Å². The van der Waals surface area contributed by atoms with Crippen molar-refractivity contribution >= 4 is 23.0 Å². The van der Waals surface area contributed by atoms with Gasteiger partial charge in [-0.15, -0.1) is 0 Å². The van der Waals surface area contributed by atoms with E-state index >= 15 is 0 Å². The maximum absolute atomic E-state index is 12.4. The van der Waals surface area contributed by atoms with E-state index in [2.05, 4.69) is 0 Å². The van der Waals surface area contributed by atoms with Gasteiger partial charge in [0.05, 0.1) is 24.5 Å². The van der Waals surface area contributed by atoms with Crippen LogP contribution in [-0.2, 0) is 16.0 Å². The number of hydrogen-bond donors (Lipinski definition) is 2. The fourth-order valence-electron chi connectivity index (χ4n) is 2.35. The van der Waals surface area contributed by atoms with Crippen molar-refractivity contribution in [2.24, 2.45) is 0 Å². The van der Waals surface area contributed by atoms with Gasteiger partial charge in [-0.1, -0.05) is 6.08 Å². The highest BCUT2D eigenvalue weighted by molar-refractivity contribution is 5.86. The summed E-state index contributed by atoms with van der Waals surface area (Å²) >= 11 is 0. The average Bonchev–Trinajstić information content (AvgIpc) is 2.45. The predicted octanol–water partition coefficient (Wildman–Crippen LogP) is 2.39. The second-order valence-electron chi connectivity index (χ2n) is 5.46. The third-order valence-corrected chi connectivity index (χ3v) is 3.32. The van der Waals surface area contributed by atoms with Crippen LogP contribution in [0.25, 0.3) is 17.0 Å². The highest BCUT2D eigenvalue weighted by atomic mass is 16.5. The Kier molecular flexibility index (Phi) is 5.76. The molecular formula is C18H20O6. The van der Waals surface area contributed by atoms with Crippen molar-refractivity contribution in [2.45, 2.75) is 32.8 Å². The number of benzene rings is 1. The van der Waals surface area contributed by atoms with E-state index in [1.165, 1.54) is 18.2 Å². The number of fused-ring (bicyclic) bond motifs is 1. The third-order valence-electron chi connectivity index (χ3n) is 3.32. The standard InChI is InChI=1S/C18H20O6/c1-3-23-17(22)8-12-7-13(20)9-16-18(12)15(21)10-14(24-16)6-4-5-11(2)19/h4,6-7,9-11,19-20H,3,5,8H2,1-2H3/b6-4+/t11-/m0/s1. The van der Waals surface area contributed by atoms with Crippen LogP contribution in [0.3, 0.4) is 0 Å². The Hall–Kier alpha value is -2.60. The number of phenols is 1. The zero-order valence-electron chi connectivity index (χ0n) is 13.6. The van der Waals surface area contributed by atoms with Gasteiger partial charge in [0, 0.05) is 12.1 Å². The summed E-state index contributed by atoms with van der Waals surface area (Å²) in [7, 11) is 0. The Morgan fingerprint density at radius 3 is 2.79 bits per heavy atom. The molecule has 1 atom stereocenters. The highest BCUT2D eigenvalue weighted by Gasteiger charge is 2.14. The van der Waals surface area contributed by atoms with Gasteiger partial charge in [0.2, 0.25) is 0 Å². The van der Waals surface area contributed by atoms with E-state index in [1.807, 2.05) is 0 Å². The second kappa shape index (κ2) is 7.79. The first-order valence-electron chi connectivity index (χ1n) is 7.70. The number of esters is 1. The number of aliphatic hydroxyl groups excluding tert-OH is 1. The van der Waals surface area contributed by atoms with Crippen molar-refractivity contribution in [1.82, 2.24) is 0 Å². The Labute approximate surface area is 139 Å². The smallest absolute Gasteiger partial charge is 0.310 e. The van der Waals surface area contributed by atoms with E-state index in [-0.39, 0.29) is 35.2 Å². The predicted molar refractivity (Wildman–Crippen MR) is 89.8 cm³/mol. The van der Waals surface area contributed by atoms with Crippen molar-refractivity contribution in [2.75, 3.05) is 6.61 Å². The van der Waals surface area contributed by atoms with Crippen LogP contribution in [0.5, 0.6) is 5.75 Å². The molecular weight excluding hydrogens is 312 g/mol. The largest absolute Gasteiger partial charge is 0.508 e. The van der Waals surface area contributed by atoms with Gasteiger partial charge in [-0.2, -0.15) is 0 Å². The molecule has 6 heteroatoms. The van der Waals surface area contributed by atoms with Crippen LogP contribution < -0.4 is 5.43 Å². The maximum Gasteiger partial charge on any atom is 0.310 e. The summed E-state index contributed by atoms with van der Waals surface area (Å²) < 4.78 is 10.5. The summed E-state index contributed by atoms with van der Waals surface area (Å²) in [5.74, 6) is -0.277. The molecule has 0 spiro atoms. The van der Waals surface area contributed by atoms with Gasteiger partial charge < -0.3 is 19.4 Å². The first-order valence-corrected chi connectivity index (χ1v) is 7.70. The number of aliphatic hydroxyl groups is 1. The highest BCUT2D eigenvalue weighted by Crippen LogP contribution is 2.24. The molecule has 0 aliphatic heterocycles. The molecule has 1 aromatic carbocycles. The molecule has 0 aliphatic carbocycles. The fourth-order valence-corrected chi connectivity index (χ4v) is 2.35. The molecule has 0 aliphatic rings. The summed E-state index contributed by atoms with van der Waals surface area (Å²) in [4.78, 5) is 24.1. The Bertz CT molecular complexity index is 816. The molecule has 0 saturated heterocycles. The summed E-state index contributed by atoms with van der Waals surface area (Å²) in [5, 5.41) is 19.3. The number of carbonyl (C=O) groups is 1. The lowest BCUT2D eigenvalue weighted by atomic mass is 10.0. The molecule has 2 N–H and O–H groups in total. The summed E-state index contributed by atoms with van der Waals surface area (Å²) in [5.41, 5.74) is 0.238. The van der Waals surface area contributed by atoms with Gasteiger partial charge >= 0.3 is 5.97 Å². The molecule has 0 bridgehead atoms. The minimum absolute atomic E-state index is 0.102. The van der Waals surface area contributed by atoms with E-state index in [4.69, 9.17) is 9.15 Å². The topological polar surface area (TPSA) is 97.0 Å². The third kappa shape index (κ3) is 4.45. The zero-order chi connectivity index (χ0) is 17.7. The number of carbonyl (C=O) groups excluding carboxylic acids is 1. The van der Waals surface area contributed by atoms with Crippen molar-refractivity contribution in [3.8, 4) is 5.75 Å². The lowest BCUT2D eigenvalue weighted by Crippen LogP contribution is -2.11. The molecule has 1 heterocycles. The van der Waals surface area contributed by atoms with Crippen LogP contribution in [0.2, 0.25) is 0 Å². The van der Waals surface area contributed by atoms with Crippen molar-refractivity contribution in [3.63, 3.8) is 0 Å². The van der Waals surface area contributed by atoms with Gasteiger partial charge in [-0.25, -0.2) is 0 Å². The number of phenolic OH excluding ortho intramolecular Hbond substituents is 1. The van der Waals surface area contributed by atoms with E-state index < -0.39 is 12.1 Å². The van der Waals surface area contributed by atoms with Gasteiger partial charge in [0.25, 0.3) is 0 Å². The van der Waals surface area contributed by atoms with E-state index in [1.54, 1.807) is 26.0 Å². The quantitative estimate of drug-likeness (QED) is 0.788. The molecule has 128 valence electrons. The molecule has 2 rings (SSSR count). The van der Waals surface area contributed by atoms with Crippen molar-refractivity contribution in [3.05, 3.63) is 45.8 Å². The van der Waals surface area contributed by atoms with E-state index in [9.17, 15) is 19.8 Å². The second-order valence-corrected chi connectivity index (χ2v) is 5.46. The fraction of sp³-hybridized carbons (Fsp3) is 0.333. The van der Waals surface area contributed by atoms with Crippen molar-refractivity contribution in [1.29, 1.82) is 0 Å². The Morgan fingerprint density at radius 1 is 1.38 bits per heavy atom. The van der Waals surface area contributed by atoms with Crippen LogP contribution >= 0.6 is 0 Å². The number of rotatable bonds is 6. The van der Waals surface area contributed by atoms with Gasteiger partial charge in [-0.05, 0) is 38.0 Å².